The normalized spacial score (nSPS) is 19.8. The van der Waals surface area contributed by atoms with Crippen LogP contribution in [0.2, 0.25) is 0 Å². The fourth-order valence-electron chi connectivity index (χ4n) is 3.14. The summed E-state index contributed by atoms with van der Waals surface area (Å²) >= 11 is 4.71. The number of hydrogen-bond donors (Lipinski definition) is 4. The quantitative estimate of drug-likeness (QED) is 0.0808. The molecule has 34 heavy (non-hydrogen) atoms. The predicted octanol–water partition coefficient (Wildman–Crippen LogP) is -4.32. The fourth-order valence-corrected chi connectivity index (χ4v) is 6.75. The smallest absolute Gasteiger partial charge is 0.543 e. The fraction of sp³-hybridized carbons (Fsp3) is 0.312. The maximum absolute atomic E-state index is 12.7. The summed E-state index contributed by atoms with van der Waals surface area (Å²) in [7, 11) is 0. The van der Waals surface area contributed by atoms with E-state index in [1.165, 1.54) is 28.9 Å². The number of aliphatic carboxylic acids is 1. The minimum Gasteiger partial charge on any atom is -0.543 e. The Balaban J connectivity index is 0.00000324. The Labute approximate surface area is 230 Å². The number of aryl methyl sites for hydroxylation is 1. The van der Waals surface area contributed by atoms with Crippen molar-refractivity contribution in [3.05, 3.63) is 27.5 Å². The molecule has 2 aliphatic rings. The van der Waals surface area contributed by atoms with Crippen molar-refractivity contribution in [3.8, 4) is 0 Å². The number of carbonyl (C=O) groups is 3. The van der Waals surface area contributed by atoms with Gasteiger partial charge in [-0.05, 0) is 0 Å². The second-order valence-corrected chi connectivity index (χ2v) is 10.6. The Morgan fingerprint density at radius 1 is 1.35 bits per heavy atom. The summed E-state index contributed by atoms with van der Waals surface area (Å²) < 4.78 is 4.08. The number of anilines is 2. The van der Waals surface area contributed by atoms with Crippen LogP contribution >= 0.6 is 46.4 Å². The number of aromatic nitrogens is 3. The Bertz CT molecular complexity index is 1180. The number of nitrogen functional groups attached to an aromatic ring is 2. The third-order valence-electron chi connectivity index (χ3n) is 4.58. The number of fused-ring (bicyclic) bond motifs is 1. The van der Waals surface area contributed by atoms with E-state index in [9.17, 15) is 24.7 Å². The minimum absolute atomic E-state index is 0. The monoisotopic (exact) mass is 550 g/mol. The number of hydrogen-bond acceptors (Lipinski definition) is 15. The molecule has 1 fully saturated rings. The van der Waals surface area contributed by atoms with Gasteiger partial charge in [-0.3, -0.25) is 14.5 Å². The Morgan fingerprint density at radius 2 is 2.12 bits per heavy atom. The standard InChI is InChI=1S/C16H16N8O5S4.Na/c17-15-19-5(3-32-15)8(22-29)11(25)21-9-12(26)24-10(14(27)28)6(4-31-13(9)24)30-2-1-7-20-16(18)33-23-7;/h3,9,13,29H,1-2,4H2,(H2,17,19)(H,21,25)(H,27,28)(H2,18,20,23);/q;+1/p-1/b22-8-;/t9-,13-;/m1./s1. The van der Waals surface area contributed by atoms with Crippen LogP contribution in [0.15, 0.2) is 21.1 Å². The van der Waals surface area contributed by atoms with Crippen molar-refractivity contribution >= 4 is 80.2 Å². The summed E-state index contributed by atoms with van der Waals surface area (Å²) in [5, 5.41) is 27.8. The third kappa shape index (κ3) is 5.34. The summed E-state index contributed by atoms with van der Waals surface area (Å²) in [4.78, 5) is 46.6. The molecule has 2 aromatic rings. The van der Waals surface area contributed by atoms with E-state index in [2.05, 4.69) is 24.8 Å². The number of nitrogens with two attached hydrogens (primary N) is 2. The van der Waals surface area contributed by atoms with Crippen LogP contribution in [-0.2, 0) is 20.8 Å². The first kappa shape index (κ1) is 26.7. The van der Waals surface area contributed by atoms with Gasteiger partial charge >= 0.3 is 29.6 Å². The van der Waals surface area contributed by atoms with Crippen molar-refractivity contribution in [1.29, 1.82) is 0 Å². The first-order chi connectivity index (χ1) is 15.8. The molecular formula is C16H15N8NaO5S4. The van der Waals surface area contributed by atoms with Crippen LogP contribution in [0.4, 0.5) is 10.3 Å². The zero-order valence-electron chi connectivity index (χ0n) is 17.5. The molecule has 2 aromatic heterocycles. The van der Waals surface area contributed by atoms with Gasteiger partial charge in [-0.2, -0.15) is 4.37 Å². The van der Waals surface area contributed by atoms with E-state index in [0.29, 0.717) is 33.8 Å². The van der Waals surface area contributed by atoms with Crippen LogP contribution in [0.3, 0.4) is 0 Å². The zero-order valence-corrected chi connectivity index (χ0v) is 22.7. The van der Waals surface area contributed by atoms with Crippen molar-refractivity contribution in [1.82, 2.24) is 24.6 Å². The Morgan fingerprint density at radius 3 is 2.71 bits per heavy atom. The van der Waals surface area contributed by atoms with Gasteiger partial charge in [0.25, 0.3) is 11.8 Å². The average molecular weight is 551 g/mol. The first-order valence-electron chi connectivity index (χ1n) is 9.14. The molecule has 2 aliphatic heterocycles. The van der Waals surface area contributed by atoms with Gasteiger partial charge in [-0.25, -0.2) is 9.97 Å². The number of nitrogens with one attached hydrogen (secondary N) is 1. The van der Waals surface area contributed by atoms with Gasteiger partial charge in [-0.15, -0.1) is 34.9 Å². The van der Waals surface area contributed by atoms with Gasteiger partial charge in [0, 0.05) is 39.7 Å². The van der Waals surface area contributed by atoms with E-state index in [1.54, 1.807) is 0 Å². The minimum atomic E-state index is -1.48. The second kappa shape index (κ2) is 11.2. The van der Waals surface area contributed by atoms with Crippen molar-refractivity contribution in [2.45, 2.75) is 17.8 Å². The average Bonchev–Trinajstić information content (AvgIpc) is 3.39. The van der Waals surface area contributed by atoms with E-state index < -0.39 is 34.9 Å². The molecular weight excluding hydrogens is 535 g/mol. The van der Waals surface area contributed by atoms with Crippen LogP contribution in [0, 0.1) is 0 Å². The summed E-state index contributed by atoms with van der Waals surface area (Å²) in [6, 6.07) is -1.00. The van der Waals surface area contributed by atoms with Gasteiger partial charge in [0.1, 0.15) is 22.9 Å². The molecule has 13 nitrogen and oxygen atoms in total. The van der Waals surface area contributed by atoms with Crippen molar-refractivity contribution < 1.29 is 54.3 Å². The largest absolute Gasteiger partial charge is 1.00 e. The van der Waals surface area contributed by atoms with Crippen molar-refractivity contribution in [2.24, 2.45) is 5.16 Å². The SMILES string of the molecule is Nc1nc(/C(=N/O)C(=O)N[C@@H]2C(=O)N3C(C(=O)[O-])=C(SCCc4nsc(N)n4)CS[C@H]23)cs1.[Na+]. The Hall–Kier alpha value is -1.89. The molecule has 2 atom stereocenters. The number of β-lactam (4-membered cyclic amide) rings is 1. The molecule has 0 aromatic carbocycles. The number of rotatable bonds is 8. The first-order valence-corrected chi connectivity index (χ1v) is 12.8. The van der Waals surface area contributed by atoms with E-state index in [-0.39, 0.29) is 46.1 Å². The summed E-state index contributed by atoms with van der Waals surface area (Å²) in [5.41, 5.74) is 10.5. The van der Waals surface area contributed by atoms with Crippen LogP contribution in [0.5, 0.6) is 0 Å². The van der Waals surface area contributed by atoms with Gasteiger partial charge in [-0.1, -0.05) is 5.16 Å². The maximum atomic E-state index is 12.7. The van der Waals surface area contributed by atoms with E-state index in [1.807, 2.05) is 0 Å². The number of carboxylic acids is 1. The molecule has 0 unspecified atom stereocenters. The topological polar surface area (TPSA) is 213 Å². The zero-order chi connectivity index (χ0) is 23.7. The number of oxime groups is 1. The van der Waals surface area contributed by atoms with E-state index in [4.69, 9.17) is 11.5 Å². The molecule has 4 rings (SSSR count). The van der Waals surface area contributed by atoms with Gasteiger partial charge in [0.2, 0.25) is 0 Å². The maximum Gasteiger partial charge on any atom is 1.00 e. The van der Waals surface area contributed by atoms with Crippen LogP contribution in [0.1, 0.15) is 11.5 Å². The second-order valence-electron chi connectivity index (χ2n) is 6.59. The molecule has 0 aliphatic carbocycles. The number of thiazole rings is 1. The molecule has 0 bridgehead atoms. The van der Waals surface area contributed by atoms with Gasteiger partial charge in [0.05, 0.1) is 11.7 Å². The third-order valence-corrected chi connectivity index (χ3v) is 8.39. The molecule has 4 heterocycles. The Kier molecular flexibility index (Phi) is 8.82. The van der Waals surface area contributed by atoms with E-state index >= 15 is 0 Å². The molecule has 0 saturated carbocycles. The molecule has 0 spiro atoms. The number of nitrogens with zero attached hydrogens (tertiary/aromatic N) is 5. The molecule has 6 N–H and O–H groups in total. The van der Waals surface area contributed by atoms with Crippen LogP contribution < -0.4 is 51.4 Å². The molecule has 174 valence electrons. The number of thioether (sulfide) groups is 2. The summed E-state index contributed by atoms with van der Waals surface area (Å²) in [5.74, 6) is -1.56. The molecule has 1 saturated heterocycles. The predicted molar refractivity (Wildman–Crippen MR) is 122 cm³/mol. The molecule has 0 radical (unpaired) electrons. The van der Waals surface area contributed by atoms with E-state index in [0.717, 1.165) is 27.8 Å². The van der Waals surface area contributed by atoms with Crippen molar-refractivity contribution in [3.63, 3.8) is 0 Å². The summed E-state index contributed by atoms with van der Waals surface area (Å²) in [6.45, 7) is 0. The van der Waals surface area contributed by atoms with Crippen molar-refractivity contribution in [2.75, 3.05) is 23.0 Å². The number of carboxylic acid groups (broad SMARTS) is 1. The summed E-state index contributed by atoms with van der Waals surface area (Å²) in [6.07, 6.45) is 0.479. The number of carbonyl (C=O) groups excluding carboxylic acids is 3. The van der Waals surface area contributed by atoms with Gasteiger partial charge < -0.3 is 31.9 Å². The number of amides is 2. The molecule has 2 amide bonds. The van der Waals surface area contributed by atoms with Crippen LogP contribution in [0.25, 0.3) is 0 Å². The van der Waals surface area contributed by atoms with Gasteiger partial charge in [0.15, 0.2) is 16.0 Å². The van der Waals surface area contributed by atoms with Crippen LogP contribution in [-0.4, -0.2) is 70.9 Å². The molecule has 18 heteroatoms.